The Kier molecular flexibility index (Phi) is 2.16. The monoisotopic (exact) mass is 305 g/mol. The van der Waals surface area contributed by atoms with Crippen LogP contribution in [0.2, 0.25) is 0 Å². The number of fused-ring (bicyclic) bond motifs is 4. The third-order valence-electron chi connectivity index (χ3n) is 5.13. The van der Waals surface area contributed by atoms with Crippen molar-refractivity contribution in [2.45, 2.75) is 42.5 Å². The summed E-state index contributed by atoms with van der Waals surface area (Å²) in [6.45, 7) is -0.287. The highest BCUT2D eigenvalue weighted by Crippen LogP contribution is 2.64. The summed E-state index contributed by atoms with van der Waals surface area (Å²) < 4.78 is 13.8. The molecule has 0 amide bonds. The summed E-state index contributed by atoms with van der Waals surface area (Å²) in [7, 11) is 0. The van der Waals surface area contributed by atoms with E-state index in [0.29, 0.717) is 11.2 Å². The first-order chi connectivity index (χ1) is 10.6. The highest BCUT2D eigenvalue weighted by molar-refractivity contribution is 5.81. The first-order valence-electron chi connectivity index (χ1n) is 7.19. The van der Waals surface area contributed by atoms with Gasteiger partial charge in [-0.25, -0.2) is 15.0 Å². The van der Waals surface area contributed by atoms with E-state index < -0.39 is 29.6 Å². The van der Waals surface area contributed by atoms with Gasteiger partial charge in [0.1, 0.15) is 29.7 Å². The third-order valence-corrected chi connectivity index (χ3v) is 5.13. The van der Waals surface area contributed by atoms with Crippen LogP contribution < -0.4 is 5.73 Å². The van der Waals surface area contributed by atoms with Crippen LogP contribution in [0.4, 0.5) is 5.82 Å². The van der Waals surface area contributed by atoms with Crippen LogP contribution in [0.1, 0.15) is 19.1 Å². The largest absolute Gasteiger partial charge is 0.393 e. The van der Waals surface area contributed by atoms with Gasteiger partial charge in [-0.1, -0.05) is 0 Å². The Morgan fingerprint density at radius 3 is 2.86 bits per heavy atom. The third kappa shape index (κ3) is 1.23. The number of imidazole rings is 1. The van der Waals surface area contributed by atoms with Gasteiger partial charge in [0.05, 0.1) is 12.9 Å². The Labute approximate surface area is 124 Å². The van der Waals surface area contributed by atoms with Gasteiger partial charge >= 0.3 is 0 Å². The van der Waals surface area contributed by atoms with Gasteiger partial charge in [-0.05, 0) is 12.8 Å². The molecule has 2 saturated heterocycles. The lowest BCUT2D eigenvalue weighted by molar-refractivity contribution is -0.233. The molecule has 3 unspecified atom stereocenters. The van der Waals surface area contributed by atoms with Crippen LogP contribution in [0.15, 0.2) is 12.7 Å². The van der Waals surface area contributed by atoms with Crippen molar-refractivity contribution in [1.82, 2.24) is 19.5 Å². The van der Waals surface area contributed by atoms with Crippen molar-refractivity contribution < 1.29 is 19.7 Å². The van der Waals surface area contributed by atoms with Crippen molar-refractivity contribution in [3.8, 4) is 0 Å². The smallest absolute Gasteiger partial charge is 0.167 e. The topological polar surface area (TPSA) is 129 Å². The Balaban J connectivity index is 1.62. The predicted molar refractivity (Wildman–Crippen MR) is 72.5 cm³/mol. The summed E-state index contributed by atoms with van der Waals surface area (Å²) in [5, 5.41) is 20.4. The Bertz CT molecular complexity index is 775. The van der Waals surface area contributed by atoms with Gasteiger partial charge in [0, 0.05) is 0 Å². The molecule has 9 nitrogen and oxygen atoms in total. The van der Waals surface area contributed by atoms with Gasteiger partial charge in [0.25, 0.3) is 0 Å². The SMILES string of the molecule is Nc1ncnc2c1ncn2C1OC2(CO)[C@H](O)C1OC21CC1. The number of rotatable bonds is 2. The van der Waals surface area contributed by atoms with E-state index in [1.807, 2.05) is 0 Å². The van der Waals surface area contributed by atoms with Crippen molar-refractivity contribution in [2.75, 3.05) is 12.3 Å². The molecule has 3 aliphatic rings. The number of nitrogen functional groups attached to an aromatic ring is 1. The minimum Gasteiger partial charge on any atom is -0.393 e. The van der Waals surface area contributed by atoms with Gasteiger partial charge in [-0.15, -0.1) is 0 Å². The lowest BCUT2D eigenvalue weighted by atomic mass is 9.91. The van der Waals surface area contributed by atoms with Crippen molar-refractivity contribution >= 4 is 17.0 Å². The van der Waals surface area contributed by atoms with E-state index in [0.717, 1.165) is 12.8 Å². The zero-order valence-corrected chi connectivity index (χ0v) is 11.6. The fourth-order valence-electron chi connectivity index (χ4n) is 3.83. The van der Waals surface area contributed by atoms with Crippen LogP contribution in [-0.4, -0.2) is 59.7 Å². The molecule has 1 saturated carbocycles. The number of anilines is 1. The number of nitrogens with two attached hydrogens (primary N) is 1. The van der Waals surface area contributed by atoms with E-state index in [-0.39, 0.29) is 12.4 Å². The number of aromatic nitrogens is 4. The Hall–Kier alpha value is -1.81. The van der Waals surface area contributed by atoms with Crippen molar-refractivity contribution in [3.05, 3.63) is 12.7 Å². The average Bonchev–Trinajstić information content (AvgIpc) is 2.98. The minimum atomic E-state index is -1.07. The number of aliphatic hydroxyl groups excluding tert-OH is 2. The van der Waals surface area contributed by atoms with Crippen LogP contribution in [0.5, 0.6) is 0 Å². The second kappa shape index (κ2) is 3.74. The molecule has 9 heteroatoms. The second-order valence-corrected chi connectivity index (χ2v) is 6.16. The molecule has 1 spiro atoms. The number of nitrogens with zero attached hydrogens (tertiary/aromatic N) is 4. The average molecular weight is 305 g/mol. The van der Waals surface area contributed by atoms with Crippen molar-refractivity contribution in [2.24, 2.45) is 0 Å². The maximum Gasteiger partial charge on any atom is 0.167 e. The predicted octanol–water partition coefficient (Wildman–Crippen LogP) is -1.04. The molecular weight excluding hydrogens is 290 g/mol. The molecule has 2 aromatic rings. The first kappa shape index (κ1) is 12.7. The van der Waals surface area contributed by atoms with E-state index in [2.05, 4.69) is 15.0 Å². The quantitative estimate of drug-likeness (QED) is 0.642. The molecule has 5 rings (SSSR count). The fraction of sp³-hybridized carbons (Fsp3) is 0.615. The highest BCUT2D eigenvalue weighted by atomic mass is 16.7. The molecule has 4 heterocycles. The number of hydrogen-bond donors (Lipinski definition) is 3. The van der Waals surface area contributed by atoms with Gasteiger partial charge in [-0.3, -0.25) is 4.57 Å². The molecule has 22 heavy (non-hydrogen) atoms. The standard InChI is InChI=1S/C13H15N5O4/c14-9-6-10(16-4-15-9)18(5-17-6)11-7-8(20)13(3-19,22-11)12(21-7)1-2-12/h4-5,7-8,11,19-20H,1-3H2,(H2,14,15,16)/t7?,8-,11?,13?/m1/s1. The van der Waals surface area contributed by atoms with Crippen LogP contribution in [0.3, 0.4) is 0 Å². The zero-order chi connectivity index (χ0) is 15.1. The maximum absolute atomic E-state index is 10.5. The van der Waals surface area contributed by atoms with Crippen LogP contribution in [-0.2, 0) is 9.47 Å². The molecule has 3 fully saturated rings. The van der Waals surface area contributed by atoms with Crippen molar-refractivity contribution in [1.29, 1.82) is 0 Å². The number of hydrogen-bond acceptors (Lipinski definition) is 8. The second-order valence-electron chi connectivity index (χ2n) is 6.16. The van der Waals surface area contributed by atoms with Crippen LogP contribution >= 0.6 is 0 Å². The van der Waals surface area contributed by atoms with E-state index in [1.165, 1.54) is 6.33 Å². The summed E-state index contributed by atoms with van der Waals surface area (Å²) in [6.07, 6.45) is 2.41. The maximum atomic E-state index is 10.5. The molecule has 116 valence electrons. The fourth-order valence-corrected chi connectivity index (χ4v) is 3.83. The minimum absolute atomic E-state index is 0.281. The molecular formula is C13H15N5O4. The van der Waals surface area contributed by atoms with E-state index in [1.54, 1.807) is 10.9 Å². The molecule has 1 aliphatic carbocycles. The molecule has 4 N–H and O–H groups in total. The summed E-state index contributed by atoms with van der Waals surface area (Å²) in [5.74, 6) is 0.281. The van der Waals surface area contributed by atoms with E-state index in [9.17, 15) is 10.2 Å². The molecule has 0 radical (unpaired) electrons. The van der Waals surface area contributed by atoms with Gasteiger partial charge in [-0.2, -0.15) is 0 Å². The molecule has 2 aliphatic heterocycles. The van der Waals surface area contributed by atoms with Crippen LogP contribution in [0.25, 0.3) is 11.2 Å². The number of aliphatic hydroxyl groups is 2. The molecule has 0 aromatic carbocycles. The van der Waals surface area contributed by atoms with Crippen molar-refractivity contribution in [3.63, 3.8) is 0 Å². The lowest BCUT2D eigenvalue weighted by Gasteiger charge is -2.36. The van der Waals surface area contributed by atoms with Gasteiger partial charge in [0.15, 0.2) is 23.3 Å². The summed E-state index contributed by atoms with van der Waals surface area (Å²) in [4.78, 5) is 12.3. The molecule has 2 aromatic heterocycles. The van der Waals surface area contributed by atoms with E-state index >= 15 is 0 Å². The normalized spacial score (nSPS) is 38.2. The zero-order valence-electron chi connectivity index (χ0n) is 11.6. The van der Waals surface area contributed by atoms with Crippen LogP contribution in [0, 0.1) is 0 Å². The number of ether oxygens (including phenoxy) is 2. The van der Waals surface area contributed by atoms with E-state index in [4.69, 9.17) is 15.2 Å². The molecule has 4 atom stereocenters. The molecule has 2 bridgehead atoms. The lowest BCUT2D eigenvalue weighted by Crippen LogP contribution is -2.52. The summed E-state index contributed by atoms with van der Waals surface area (Å²) >= 11 is 0. The first-order valence-corrected chi connectivity index (χ1v) is 7.19. The summed E-state index contributed by atoms with van der Waals surface area (Å²) in [6, 6.07) is 0. The van der Waals surface area contributed by atoms with Gasteiger partial charge in [0.2, 0.25) is 0 Å². The highest BCUT2D eigenvalue weighted by Gasteiger charge is 2.78. The van der Waals surface area contributed by atoms with Gasteiger partial charge < -0.3 is 25.4 Å². The summed E-state index contributed by atoms with van der Waals surface area (Å²) in [5.41, 5.74) is 5.15. The Morgan fingerprint density at radius 2 is 2.14 bits per heavy atom. The Morgan fingerprint density at radius 1 is 1.32 bits per heavy atom.